The number of hydrogen-bond acceptors (Lipinski definition) is 6. The molecule has 0 aromatic carbocycles. The number of hydrogen-bond donors (Lipinski definition) is 2. The van der Waals surface area contributed by atoms with E-state index in [-0.39, 0.29) is 17.5 Å². The molecule has 0 amide bonds. The van der Waals surface area contributed by atoms with Gasteiger partial charge in [-0.2, -0.15) is 0 Å². The van der Waals surface area contributed by atoms with Gasteiger partial charge < -0.3 is 15.2 Å². The van der Waals surface area contributed by atoms with E-state index in [0.717, 1.165) is 0 Å². The maximum Gasteiger partial charge on any atom is 0.311 e. The van der Waals surface area contributed by atoms with Crippen molar-refractivity contribution < 1.29 is 4.92 Å². The van der Waals surface area contributed by atoms with E-state index in [1.54, 1.807) is 25.6 Å². The number of anilines is 2. The molecule has 0 radical (unpaired) electrons. The molecule has 0 saturated heterocycles. The van der Waals surface area contributed by atoms with Crippen molar-refractivity contribution in [1.29, 1.82) is 0 Å². The molecule has 2 aromatic rings. The average Bonchev–Trinajstić information content (AvgIpc) is 2.90. The Morgan fingerprint density at radius 2 is 2.30 bits per heavy atom. The van der Waals surface area contributed by atoms with Crippen LogP contribution in [-0.2, 0) is 6.54 Å². The molecule has 0 spiro atoms. The molecule has 8 heteroatoms. The van der Waals surface area contributed by atoms with Crippen molar-refractivity contribution in [2.45, 2.75) is 19.5 Å². The molecular formula is C12H16N6O2. The lowest BCUT2D eigenvalue weighted by Crippen LogP contribution is -2.22. The largest absolute Gasteiger partial charge is 0.373 e. The fourth-order valence-electron chi connectivity index (χ4n) is 1.83. The van der Waals surface area contributed by atoms with E-state index in [4.69, 9.17) is 0 Å². The van der Waals surface area contributed by atoms with E-state index < -0.39 is 4.92 Å². The summed E-state index contributed by atoms with van der Waals surface area (Å²) in [6.07, 6.45) is 5.23. The number of aromatic nitrogens is 3. The average molecular weight is 276 g/mol. The molecule has 0 bridgehead atoms. The highest BCUT2D eigenvalue weighted by molar-refractivity contribution is 5.60. The minimum atomic E-state index is -0.446. The minimum absolute atomic E-state index is 0.0255. The SMILES string of the molecule is CNc1ccc([N+](=O)[O-])c(NC(C)Cn2ccnc2)n1. The molecule has 2 rings (SSSR count). The van der Waals surface area contributed by atoms with Gasteiger partial charge in [0.15, 0.2) is 0 Å². The van der Waals surface area contributed by atoms with Crippen LogP contribution in [-0.4, -0.2) is 32.5 Å². The lowest BCUT2D eigenvalue weighted by atomic mass is 10.3. The minimum Gasteiger partial charge on any atom is -0.373 e. The molecular weight excluding hydrogens is 260 g/mol. The molecule has 106 valence electrons. The van der Waals surface area contributed by atoms with Gasteiger partial charge in [0.25, 0.3) is 0 Å². The van der Waals surface area contributed by atoms with Crippen LogP contribution in [0.1, 0.15) is 6.92 Å². The van der Waals surface area contributed by atoms with Gasteiger partial charge in [0.05, 0.1) is 11.3 Å². The molecule has 0 fully saturated rings. The first kappa shape index (κ1) is 13.8. The van der Waals surface area contributed by atoms with Crippen molar-refractivity contribution in [2.24, 2.45) is 0 Å². The molecule has 1 unspecified atom stereocenters. The summed E-state index contributed by atoms with van der Waals surface area (Å²) in [6.45, 7) is 2.57. The predicted molar refractivity (Wildman–Crippen MR) is 75.7 cm³/mol. The van der Waals surface area contributed by atoms with Crippen molar-refractivity contribution in [3.05, 3.63) is 41.0 Å². The third-order valence-electron chi connectivity index (χ3n) is 2.75. The normalized spacial score (nSPS) is 11.9. The molecule has 2 heterocycles. The van der Waals surface area contributed by atoms with Crippen LogP contribution in [0, 0.1) is 10.1 Å². The van der Waals surface area contributed by atoms with Gasteiger partial charge in [0, 0.05) is 38.1 Å². The van der Waals surface area contributed by atoms with Gasteiger partial charge >= 0.3 is 5.69 Å². The van der Waals surface area contributed by atoms with Crippen LogP contribution in [0.15, 0.2) is 30.9 Å². The second-order valence-corrected chi connectivity index (χ2v) is 4.38. The third kappa shape index (κ3) is 3.22. The smallest absolute Gasteiger partial charge is 0.311 e. The Morgan fingerprint density at radius 1 is 1.50 bits per heavy atom. The monoisotopic (exact) mass is 276 g/mol. The van der Waals surface area contributed by atoms with Crippen LogP contribution in [0.2, 0.25) is 0 Å². The van der Waals surface area contributed by atoms with Crippen molar-refractivity contribution in [3.8, 4) is 0 Å². The van der Waals surface area contributed by atoms with Gasteiger partial charge in [-0.3, -0.25) is 10.1 Å². The zero-order valence-electron chi connectivity index (χ0n) is 11.3. The van der Waals surface area contributed by atoms with Crippen molar-refractivity contribution in [1.82, 2.24) is 14.5 Å². The number of rotatable bonds is 6. The second kappa shape index (κ2) is 6.00. The summed E-state index contributed by atoms with van der Waals surface area (Å²) in [5, 5.41) is 16.9. The number of imidazole rings is 1. The summed E-state index contributed by atoms with van der Waals surface area (Å²) < 4.78 is 1.89. The van der Waals surface area contributed by atoms with E-state index in [9.17, 15) is 10.1 Å². The summed E-state index contributed by atoms with van der Waals surface area (Å²) in [5.41, 5.74) is -0.0403. The summed E-state index contributed by atoms with van der Waals surface area (Å²) in [4.78, 5) is 18.7. The Hall–Kier alpha value is -2.64. The van der Waals surface area contributed by atoms with E-state index in [1.165, 1.54) is 6.07 Å². The number of nitrogens with one attached hydrogen (secondary N) is 2. The number of nitrogens with zero attached hydrogens (tertiary/aromatic N) is 4. The van der Waals surface area contributed by atoms with E-state index in [1.807, 2.05) is 17.7 Å². The number of nitro groups is 1. The Bertz CT molecular complexity index is 584. The van der Waals surface area contributed by atoms with Crippen LogP contribution in [0.3, 0.4) is 0 Å². The van der Waals surface area contributed by atoms with Crippen molar-refractivity contribution in [2.75, 3.05) is 17.7 Å². The van der Waals surface area contributed by atoms with Crippen LogP contribution in [0.4, 0.5) is 17.3 Å². The quantitative estimate of drug-likeness (QED) is 0.616. The first-order valence-corrected chi connectivity index (χ1v) is 6.15. The van der Waals surface area contributed by atoms with Crippen molar-refractivity contribution in [3.63, 3.8) is 0 Å². The molecule has 2 aromatic heterocycles. The Kier molecular flexibility index (Phi) is 4.14. The Morgan fingerprint density at radius 3 is 2.90 bits per heavy atom. The highest BCUT2D eigenvalue weighted by atomic mass is 16.6. The maximum absolute atomic E-state index is 11.0. The van der Waals surface area contributed by atoms with Crippen LogP contribution in [0.5, 0.6) is 0 Å². The van der Waals surface area contributed by atoms with Gasteiger partial charge in [-0.05, 0) is 13.0 Å². The van der Waals surface area contributed by atoms with Crippen LogP contribution in [0.25, 0.3) is 0 Å². The summed E-state index contributed by atoms with van der Waals surface area (Å²) >= 11 is 0. The van der Waals surface area contributed by atoms with E-state index >= 15 is 0 Å². The lowest BCUT2D eigenvalue weighted by molar-refractivity contribution is -0.384. The van der Waals surface area contributed by atoms with Crippen LogP contribution < -0.4 is 10.6 Å². The molecule has 1 atom stereocenters. The van der Waals surface area contributed by atoms with Crippen LogP contribution >= 0.6 is 0 Å². The zero-order valence-corrected chi connectivity index (χ0v) is 11.3. The van der Waals surface area contributed by atoms with Gasteiger partial charge in [0.1, 0.15) is 5.82 Å². The summed E-state index contributed by atoms with van der Waals surface area (Å²) in [5.74, 6) is 0.836. The van der Waals surface area contributed by atoms with Gasteiger partial charge in [-0.1, -0.05) is 0 Å². The second-order valence-electron chi connectivity index (χ2n) is 4.38. The molecule has 0 saturated carbocycles. The third-order valence-corrected chi connectivity index (χ3v) is 2.75. The Labute approximate surface area is 116 Å². The topological polar surface area (TPSA) is 97.9 Å². The standard InChI is InChI=1S/C12H16N6O2/c1-9(7-17-6-5-14-8-17)15-12-10(18(19)20)3-4-11(13-2)16-12/h3-6,8-9H,7H2,1-2H3,(H2,13,15,16). The van der Waals surface area contributed by atoms with Gasteiger partial charge in [-0.25, -0.2) is 9.97 Å². The van der Waals surface area contributed by atoms with E-state index in [2.05, 4.69) is 20.6 Å². The Balaban J connectivity index is 2.16. The fourth-order valence-corrected chi connectivity index (χ4v) is 1.83. The highest BCUT2D eigenvalue weighted by Crippen LogP contribution is 2.24. The zero-order chi connectivity index (χ0) is 14.5. The summed E-state index contributed by atoms with van der Waals surface area (Å²) in [6, 6.07) is 2.98. The molecule has 2 N–H and O–H groups in total. The molecule has 0 aliphatic carbocycles. The maximum atomic E-state index is 11.0. The summed E-state index contributed by atoms with van der Waals surface area (Å²) in [7, 11) is 1.72. The van der Waals surface area contributed by atoms with E-state index in [0.29, 0.717) is 12.4 Å². The molecule has 0 aliphatic heterocycles. The van der Waals surface area contributed by atoms with Gasteiger partial charge in [0.2, 0.25) is 5.82 Å². The molecule has 20 heavy (non-hydrogen) atoms. The molecule has 0 aliphatic rings. The molecule has 8 nitrogen and oxygen atoms in total. The van der Waals surface area contributed by atoms with Crippen molar-refractivity contribution >= 4 is 17.3 Å². The number of pyridine rings is 1. The first-order valence-electron chi connectivity index (χ1n) is 6.15. The fraction of sp³-hybridized carbons (Fsp3) is 0.333. The van der Waals surface area contributed by atoms with Gasteiger partial charge in [-0.15, -0.1) is 0 Å². The predicted octanol–water partition coefficient (Wildman–Crippen LogP) is 1.73. The first-order chi connectivity index (χ1) is 9.60. The lowest BCUT2D eigenvalue weighted by Gasteiger charge is -2.15. The highest BCUT2D eigenvalue weighted by Gasteiger charge is 2.17.